The molecule has 1 aromatic heterocycles. The van der Waals surface area contributed by atoms with E-state index in [-0.39, 0.29) is 23.5 Å². The lowest BCUT2D eigenvalue weighted by molar-refractivity contribution is -0.139. The third-order valence-electron chi connectivity index (χ3n) is 4.27. The Kier molecular flexibility index (Phi) is 9.18. The molecule has 1 N–H and O–H groups in total. The molecule has 0 saturated carbocycles. The molecule has 0 saturated heterocycles. The highest BCUT2D eigenvalue weighted by atomic mass is 32.2. The van der Waals surface area contributed by atoms with Crippen LogP contribution in [0.25, 0.3) is 0 Å². The van der Waals surface area contributed by atoms with Gasteiger partial charge in [0, 0.05) is 14.1 Å². The molecule has 1 atom stereocenters. The molecule has 1 heterocycles. The maximum Gasteiger partial charge on any atom is 0.339 e. The largest absolute Gasteiger partial charge is 0.467 e. The van der Waals surface area contributed by atoms with Gasteiger partial charge in [0.25, 0.3) is 10.0 Å². The standard InChI is InChI=1S/C19H24N6O8S2/c1-24(2)16-20-17(22-18(21-16)33-5)25(13(34-6)15(27)32-4)19(28)23-35(29,30)12-10-8-7-9-11(12)14(26)31-3/h7-10,13H,1-6H3,(H,23,28). The van der Waals surface area contributed by atoms with E-state index in [1.807, 2.05) is 4.72 Å². The molecular formula is C19H24N6O8S2. The van der Waals surface area contributed by atoms with Crippen molar-refractivity contribution in [3.8, 4) is 6.01 Å². The number of ether oxygens (including phenoxy) is 3. The Bertz CT molecular complexity index is 1210. The summed E-state index contributed by atoms with van der Waals surface area (Å²) in [6.45, 7) is 0. The van der Waals surface area contributed by atoms with Crippen molar-refractivity contribution in [1.82, 2.24) is 19.7 Å². The Balaban J connectivity index is 2.63. The van der Waals surface area contributed by atoms with Crippen LogP contribution in [0.2, 0.25) is 0 Å². The number of thioether (sulfide) groups is 1. The van der Waals surface area contributed by atoms with Gasteiger partial charge < -0.3 is 19.1 Å². The number of urea groups is 1. The molecule has 1 aromatic carbocycles. The molecule has 0 bridgehead atoms. The second-order valence-corrected chi connectivity index (χ2v) is 9.26. The minimum absolute atomic E-state index is 0.0632. The number of rotatable bonds is 9. The van der Waals surface area contributed by atoms with E-state index in [4.69, 9.17) is 9.47 Å². The molecule has 1 unspecified atom stereocenters. The van der Waals surface area contributed by atoms with E-state index in [1.165, 1.54) is 36.5 Å². The predicted molar refractivity (Wildman–Crippen MR) is 126 cm³/mol. The number of anilines is 2. The fraction of sp³-hybridized carbons (Fsp3) is 0.368. The summed E-state index contributed by atoms with van der Waals surface area (Å²) in [6.07, 6.45) is 1.49. The monoisotopic (exact) mass is 528 g/mol. The zero-order chi connectivity index (χ0) is 26.3. The summed E-state index contributed by atoms with van der Waals surface area (Å²) in [5.41, 5.74) is -0.298. The fourth-order valence-electron chi connectivity index (χ4n) is 2.64. The average Bonchev–Trinajstić information content (AvgIpc) is 2.85. The van der Waals surface area contributed by atoms with Crippen LogP contribution in [0, 0.1) is 0 Å². The van der Waals surface area contributed by atoms with Gasteiger partial charge in [-0.3, -0.25) is 0 Å². The molecule has 0 spiro atoms. The summed E-state index contributed by atoms with van der Waals surface area (Å²) in [4.78, 5) is 51.7. The van der Waals surface area contributed by atoms with Crippen molar-refractivity contribution in [3.05, 3.63) is 29.8 Å². The summed E-state index contributed by atoms with van der Waals surface area (Å²) in [5.74, 6) is -2.14. The Morgan fingerprint density at radius 3 is 2.17 bits per heavy atom. The predicted octanol–water partition coefficient (Wildman–Crippen LogP) is 0.500. The van der Waals surface area contributed by atoms with Crippen LogP contribution in [0.4, 0.5) is 16.7 Å². The second-order valence-electron chi connectivity index (χ2n) is 6.70. The van der Waals surface area contributed by atoms with E-state index in [2.05, 4.69) is 19.7 Å². The van der Waals surface area contributed by atoms with Crippen LogP contribution in [0.3, 0.4) is 0 Å². The zero-order valence-electron chi connectivity index (χ0n) is 19.7. The van der Waals surface area contributed by atoms with Gasteiger partial charge in [-0.1, -0.05) is 12.1 Å². The SMILES string of the molecule is COC(=O)c1ccccc1S(=O)(=O)NC(=O)N(c1nc(OC)nc(N(C)C)n1)C(SC)C(=O)OC. The van der Waals surface area contributed by atoms with Crippen molar-refractivity contribution in [2.45, 2.75) is 10.3 Å². The lowest BCUT2D eigenvalue weighted by Gasteiger charge is -2.27. The summed E-state index contributed by atoms with van der Waals surface area (Å²) in [5, 5.41) is -1.40. The quantitative estimate of drug-likeness (QED) is 0.353. The van der Waals surface area contributed by atoms with Crippen LogP contribution in [-0.4, -0.2) is 88.4 Å². The number of aromatic nitrogens is 3. The molecule has 2 rings (SSSR count). The van der Waals surface area contributed by atoms with E-state index in [9.17, 15) is 22.8 Å². The molecule has 0 radical (unpaired) electrons. The topological polar surface area (TPSA) is 170 Å². The molecule has 0 aliphatic heterocycles. The average molecular weight is 529 g/mol. The molecule has 16 heteroatoms. The molecule has 0 aliphatic rings. The molecule has 35 heavy (non-hydrogen) atoms. The second kappa shape index (κ2) is 11.7. The third kappa shape index (κ3) is 6.27. The van der Waals surface area contributed by atoms with Crippen LogP contribution in [0.5, 0.6) is 6.01 Å². The van der Waals surface area contributed by atoms with E-state index in [0.29, 0.717) is 4.90 Å². The summed E-state index contributed by atoms with van der Waals surface area (Å²) >= 11 is 0.862. The van der Waals surface area contributed by atoms with Crippen LogP contribution >= 0.6 is 11.8 Å². The number of nitrogens with zero attached hydrogens (tertiary/aromatic N) is 5. The van der Waals surface area contributed by atoms with Crippen molar-refractivity contribution < 1.29 is 37.0 Å². The van der Waals surface area contributed by atoms with Gasteiger partial charge in [-0.2, -0.15) is 15.0 Å². The van der Waals surface area contributed by atoms with Gasteiger partial charge in [-0.25, -0.2) is 32.4 Å². The maximum atomic E-state index is 13.3. The summed E-state index contributed by atoms with van der Waals surface area (Å²) in [6, 6.07) is 3.65. The molecule has 190 valence electrons. The highest BCUT2D eigenvalue weighted by Gasteiger charge is 2.37. The number of benzene rings is 1. The first-order valence-corrected chi connectivity index (χ1v) is 12.4. The summed E-state index contributed by atoms with van der Waals surface area (Å²) in [7, 11) is 2.07. The van der Waals surface area contributed by atoms with E-state index in [0.717, 1.165) is 32.0 Å². The normalized spacial score (nSPS) is 11.7. The van der Waals surface area contributed by atoms with Crippen molar-refractivity contribution in [3.63, 3.8) is 0 Å². The number of sulfonamides is 1. The zero-order valence-corrected chi connectivity index (χ0v) is 21.3. The highest BCUT2D eigenvalue weighted by Crippen LogP contribution is 2.25. The molecular weight excluding hydrogens is 504 g/mol. The van der Waals surface area contributed by atoms with E-state index >= 15 is 0 Å². The molecule has 14 nitrogen and oxygen atoms in total. The smallest absolute Gasteiger partial charge is 0.339 e. The van der Waals surface area contributed by atoms with Gasteiger partial charge in [-0.15, -0.1) is 11.8 Å². The van der Waals surface area contributed by atoms with Gasteiger partial charge >= 0.3 is 24.0 Å². The summed E-state index contributed by atoms with van der Waals surface area (Å²) < 4.78 is 42.5. The Morgan fingerprint density at radius 1 is 1.00 bits per heavy atom. The van der Waals surface area contributed by atoms with Crippen molar-refractivity contribution >= 4 is 51.7 Å². The van der Waals surface area contributed by atoms with Gasteiger partial charge in [0.2, 0.25) is 11.9 Å². The number of esters is 2. The van der Waals surface area contributed by atoms with Gasteiger partial charge in [0.15, 0.2) is 5.37 Å². The number of methoxy groups -OCH3 is 3. The molecule has 2 aromatic rings. The minimum atomic E-state index is -4.63. The Hall–Kier alpha value is -3.66. The van der Waals surface area contributed by atoms with E-state index in [1.54, 1.807) is 14.1 Å². The number of nitrogens with one attached hydrogen (secondary N) is 1. The lowest BCUT2D eigenvalue weighted by Crippen LogP contribution is -2.51. The first kappa shape index (κ1) is 27.6. The number of carbonyl (C=O) groups excluding carboxylic acids is 3. The Morgan fingerprint density at radius 2 is 1.63 bits per heavy atom. The van der Waals surface area contributed by atoms with Crippen LogP contribution in [-0.2, 0) is 24.3 Å². The first-order valence-electron chi connectivity index (χ1n) is 9.62. The number of hydrogen-bond donors (Lipinski definition) is 1. The number of amides is 2. The lowest BCUT2D eigenvalue weighted by atomic mass is 10.2. The highest BCUT2D eigenvalue weighted by molar-refractivity contribution is 8.00. The van der Waals surface area contributed by atoms with E-state index < -0.39 is 38.3 Å². The maximum absolute atomic E-state index is 13.3. The molecule has 0 aliphatic carbocycles. The molecule has 2 amide bonds. The van der Waals surface area contributed by atoms with Gasteiger partial charge in [0.05, 0.1) is 26.9 Å². The molecule has 0 fully saturated rings. The van der Waals surface area contributed by atoms with Crippen molar-refractivity contribution in [2.24, 2.45) is 0 Å². The van der Waals surface area contributed by atoms with Gasteiger partial charge in [-0.05, 0) is 18.4 Å². The van der Waals surface area contributed by atoms with Crippen molar-refractivity contribution in [1.29, 1.82) is 0 Å². The van der Waals surface area contributed by atoms with Crippen LogP contribution < -0.4 is 19.3 Å². The fourth-order valence-corrected chi connectivity index (χ4v) is 4.47. The van der Waals surface area contributed by atoms with Crippen LogP contribution in [0.15, 0.2) is 29.2 Å². The number of carbonyl (C=O) groups is 3. The first-order chi connectivity index (χ1) is 16.5. The third-order valence-corrected chi connectivity index (χ3v) is 6.50. The van der Waals surface area contributed by atoms with Crippen molar-refractivity contribution in [2.75, 3.05) is 51.5 Å². The van der Waals surface area contributed by atoms with Gasteiger partial charge in [0.1, 0.15) is 4.90 Å². The number of hydrogen-bond acceptors (Lipinski definition) is 13. The van der Waals surface area contributed by atoms with Crippen LogP contribution in [0.1, 0.15) is 10.4 Å². The minimum Gasteiger partial charge on any atom is -0.467 e. The Labute approximate surface area is 206 Å².